The molecule has 100 valence electrons. The Morgan fingerprint density at radius 3 is 2.68 bits per heavy atom. The SMILES string of the molecule is Cc1ccc(NC(=O)CCc2c(C)noc2C)nc1. The highest BCUT2D eigenvalue weighted by atomic mass is 16.5. The van der Waals surface area contributed by atoms with E-state index in [9.17, 15) is 4.79 Å². The molecule has 0 atom stereocenters. The van der Waals surface area contributed by atoms with Crippen molar-refractivity contribution in [3.8, 4) is 0 Å². The third-order valence-electron chi connectivity index (χ3n) is 2.96. The van der Waals surface area contributed by atoms with Crippen LogP contribution in [0.2, 0.25) is 0 Å². The molecular weight excluding hydrogens is 242 g/mol. The van der Waals surface area contributed by atoms with Crippen molar-refractivity contribution in [3.05, 3.63) is 40.9 Å². The van der Waals surface area contributed by atoms with E-state index in [1.54, 1.807) is 12.3 Å². The Labute approximate surface area is 112 Å². The maximum absolute atomic E-state index is 11.8. The van der Waals surface area contributed by atoms with E-state index in [2.05, 4.69) is 15.5 Å². The lowest BCUT2D eigenvalue weighted by Gasteiger charge is -2.04. The van der Waals surface area contributed by atoms with Crippen LogP contribution in [-0.4, -0.2) is 16.0 Å². The maximum atomic E-state index is 11.8. The minimum atomic E-state index is -0.0589. The fourth-order valence-electron chi connectivity index (χ4n) is 1.84. The molecule has 5 heteroatoms. The Morgan fingerprint density at radius 2 is 2.11 bits per heavy atom. The van der Waals surface area contributed by atoms with Crippen LogP contribution in [0.5, 0.6) is 0 Å². The molecule has 0 fully saturated rings. The van der Waals surface area contributed by atoms with Crippen LogP contribution in [0.4, 0.5) is 5.82 Å². The predicted molar refractivity (Wildman–Crippen MR) is 71.9 cm³/mol. The number of carbonyl (C=O) groups excluding carboxylic acids is 1. The number of pyridine rings is 1. The average Bonchev–Trinajstić information content (AvgIpc) is 2.70. The zero-order valence-electron chi connectivity index (χ0n) is 11.4. The van der Waals surface area contributed by atoms with Crippen molar-refractivity contribution in [2.24, 2.45) is 0 Å². The second-order valence-corrected chi connectivity index (χ2v) is 4.57. The van der Waals surface area contributed by atoms with Crippen molar-refractivity contribution < 1.29 is 9.32 Å². The summed E-state index contributed by atoms with van der Waals surface area (Å²) in [6, 6.07) is 3.71. The zero-order valence-corrected chi connectivity index (χ0v) is 11.4. The third kappa shape index (κ3) is 3.40. The normalized spacial score (nSPS) is 10.5. The molecule has 1 amide bonds. The smallest absolute Gasteiger partial charge is 0.225 e. The van der Waals surface area contributed by atoms with Crippen LogP contribution in [0.3, 0.4) is 0 Å². The van der Waals surface area contributed by atoms with Gasteiger partial charge in [-0.1, -0.05) is 11.2 Å². The van der Waals surface area contributed by atoms with E-state index < -0.39 is 0 Å². The minimum absolute atomic E-state index is 0.0589. The number of nitrogens with zero attached hydrogens (tertiary/aromatic N) is 2. The highest BCUT2D eigenvalue weighted by Crippen LogP contribution is 2.14. The molecule has 0 aliphatic carbocycles. The molecule has 0 spiro atoms. The van der Waals surface area contributed by atoms with Gasteiger partial charge in [0.15, 0.2) is 0 Å². The highest BCUT2D eigenvalue weighted by molar-refractivity contribution is 5.89. The van der Waals surface area contributed by atoms with Gasteiger partial charge in [-0.05, 0) is 38.8 Å². The first-order chi connectivity index (χ1) is 9.06. The van der Waals surface area contributed by atoms with Crippen LogP contribution < -0.4 is 5.32 Å². The third-order valence-corrected chi connectivity index (χ3v) is 2.96. The lowest BCUT2D eigenvalue weighted by atomic mass is 10.1. The molecule has 0 aromatic carbocycles. The predicted octanol–water partition coefficient (Wildman–Crippen LogP) is 2.57. The number of amides is 1. The quantitative estimate of drug-likeness (QED) is 0.916. The van der Waals surface area contributed by atoms with Gasteiger partial charge >= 0.3 is 0 Å². The van der Waals surface area contributed by atoms with Crippen LogP contribution >= 0.6 is 0 Å². The topological polar surface area (TPSA) is 68.0 Å². The number of aryl methyl sites for hydroxylation is 3. The molecule has 2 aromatic rings. The van der Waals surface area contributed by atoms with Gasteiger partial charge in [-0.3, -0.25) is 4.79 Å². The van der Waals surface area contributed by atoms with E-state index in [1.165, 1.54) is 0 Å². The second kappa shape index (κ2) is 5.65. The molecule has 0 aliphatic heterocycles. The Morgan fingerprint density at radius 1 is 1.32 bits per heavy atom. The molecule has 0 radical (unpaired) electrons. The lowest BCUT2D eigenvalue weighted by Crippen LogP contribution is -2.13. The first-order valence-electron chi connectivity index (χ1n) is 6.20. The number of aromatic nitrogens is 2. The molecule has 2 aromatic heterocycles. The molecule has 0 saturated heterocycles. The van der Waals surface area contributed by atoms with Gasteiger partial charge in [0.2, 0.25) is 5.91 Å². The van der Waals surface area contributed by atoms with Gasteiger partial charge in [-0.2, -0.15) is 0 Å². The first kappa shape index (κ1) is 13.3. The summed E-state index contributed by atoms with van der Waals surface area (Å²) >= 11 is 0. The van der Waals surface area contributed by atoms with Crippen LogP contribution in [0.15, 0.2) is 22.9 Å². The Hall–Kier alpha value is -2.17. The van der Waals surface area contributed by atoms with Gasteiger partial charge in [0, 0.05) is 18.2 Å². The molecule has 0 unspecified atom stereocenters. The van der Waals surface area contributed by atoms with E-state index >= 15 is 0 Å². The average molecular weight is 259 g/mol. The molecule has 19 heavy (non-hydrogen) atoms. The van der Waals surface area contributed by atoms with Gasteiger partial charge in [-0.15, -0.1) is 0 Å². The first-order valence-corrected chi connectivity index (χ1v) is 6.20. The molecular formula is C14H17N3O2. The van der Waals surface area contributed by atoms with E-state index in [4.69, 9.17) is 4.52 Å². The van der Waals surface area contributed by atoms with Crippen LogP contribution in [0.25, 0.3) is 0 Å². The lowest BCUT2D eigenvalue weighted by molar-refractivity contribution is -0.116. The van der Waals surface area contributed by atoms with E-state index in [0.717, 1.165) is 22.6 Å². The fraction of sp³-hybridized carbons (Fsp3) is 0.357. The van der Waals surface area contributed by atoms with Gasteiger partial charge in [0.05, 0.1) is 5.69 Å². The summed E-state index contributed by atoms with van der Waals surface area (Å²) in [5.74, 6) is 1.30. The molecule has 0 bridgehead atoms. The number of nitrogens with one attached hydrogen (secondary N) is 1. The molecule has 2 rings (SSSR count). The summed E-state index contributed by atoms with van der Waals surface area (Å²) in [6.45, 7) is 5.69. The van der Waals surface area contributed by atoms with Crippen molar-refractivity contribution >= 4 is 11.7 Å². The van der Waals surface area contributed by atoms with Gasteiger partial charge in [0.1, 0.15) is 11.6 Å². The Bertz CT molecular complexity index is 553. The number of hydrogen-bond donors (Lipinski definition) is 1. The standard InChI is InChI=1S/C14H17N3O2/c1-9-4-6-13(15-8-9)16-14(18)7-5-12-10(2)17-19-11(12)3/h4,6,8H,5,7H2,1-3H3,(H,15,16,18). The van der Waals surface area contributed by atoms with Crippen LogP contribution in [-0.2, 0) is 11.2 Å². The Kier molecular flexibility index (Phi) is 3.94. The van der Waals surface area contributed by atoms with Crippen molar-refractivity contribution in [1.29, 1.82) is 0 Å². The van der Waals surface area contributed by atoms with Crippen molar-refractivity contribution in [2.75, 3.05) is 5.32 Å². The summed E-state index contributed by atoms with van der Waals surface area (Å²) < 4.78 is 5.06. The van der Waals surface area contributed by atoms with Crippen molar-refractivity contribution in [1.82, 2.24) is 10.1 Å². The summed E-state index contributed by atoms with van der Waals surface area (Å²) in [7, 11) is 0. The van der Waals surface area contributed by atoms with Gasteiger partial charge in [0.25, 0.3) is 0 Å². The maximum Gasteiger partial charge on any atom is 0.225 e. The summed E-state index contributed by atoms with van der Waals surface area (Å²) in [6.07, 6.45) is 2.74. The minimum Gasteiger partial charge on any atom is -0.361 e. The van der Waals surface area contributed by atoms with Crippen LogP contribution in [0, 0.1) is 20.8 Å². The molecule has 5 nitrogen and oxygen atoms in total. The van der Waals surface area contributed by atoms with Gasteiger partial charge < -0.3 is 9.84 Å². The monoisotopic (exact) mass is 259 g/mol. The summed E-state index contributed by atoms with van der Waals surface area (Å²) in [4.78, 5) is 15.9. The van der Waals surface area contributed by atoms with E-state index in [0.29, 0.717) is 18.7 Å². The van der Waals surface area contributed by atoms with Gasteiger partial charge in [-0.25, -0.2) is 4.98 Å². The Balaban J connectivity index is 1.90. The van der Waals surface area contributed by atoms with Crippen molar-refractivity contribution in [3.63, 3.8) is 0 Å². The number of carbonyl (C=O) groups is 1. The number of anilines is 1. The highest BCUT2D eigenvalue weighted by Gasteiger charge is 2.11. The van der Waals surface area contributed by atoms with Crippen LogP contribution in [0.1, 0.15) is 29.0 Å². The molecule has 1 N–H and O–H groups in total. The largest absolute Gasteiger partial charge is 0.361 e. The van der Waals surface area contributed by atoms with E-state index in [-0.39, 0.29) is 5.91 Å². The number of rotatable bonds is 4. The summed E-state index contributed by atoms with van der Waals surface area (Å²) in [5.41, 5.74) is 2.92. The molecule has 0 aliphatic rings. The molecule has 2 heterocycles. The summed E-state index contributed by atoms with van der Waals surface area (Å²) in [5, 5.41) is 6.64. The van der Waals surface area contributed by atoms with Crippen molar-refractivity contribution in [2.45, 2.75) is 33.6 Å². The van der Waals surface area contributed by atoms with E-state index in [1.807, 2.05) is 26.8 Å². The molecule has 0 saturated carbocycles. The zero-order chi connectivity index (χ0) is 13.8. The second-order valence-electron chi connectivity index (χ2n) is 4.57. The number of hydrogen-bond acceptors (Lipinski definition) is 4. The fourth-order valence-corrected chi connectivity index (χ4v) is 1.84.